The number of carbonyl (C=O) groups excluding carboxylic acids is 2. The van der Waals surface area contributed by atoms with E-state index in [4.69, 9.17) is 14.2 Å². The van der Waals surface area contributed by atoms with Crippen LogP contribution in [0.1, 0.15) is 27.9 Å². The third kappa shape index (κ3) is 8.30. The fourth-order valence-electron chi connectivity index (χ4n) is 7.48. The average Bonchev–Trinajstić information content (AvgIpc) is 3.21. The number of carbonyl (C=O) groups is 2. The zero-order chi connectivity index (χ0) is 41.1. The molecule has 2 aliphatic rings. The van der Waals surface area contributed by atoms with Crippen LogP contribution in [-0.2, 0) is 32.5 Å². The van der Waals surface area contributed by atoms with Crippen LogP contribution in [0.25, 0.3) is 27.5 Å². The second-order valence-corrected chi connectivity index (χ2v) is 14.2. The van der Waals surface area contributed by atoms with E-state index in [1.807, 2.05) is 0 Å². The molecule has 0 bridgehead atoms. The predicted molar refractivity (Wildman–Crippen MR) is 205 cm³/mol. The summed E-state index contributed by atoms with van der Waals surface area (Å²) in [6.45, 7) is 3.99. The zero-order valence-electron chi connectivity index (χ0n) is 31.8. The Balaban J connectivity index is 1.20. The summed E-state index contributed by atoms with van der Waals surface area (Å²) < 4.78 is 75.8. The van der Waals surface area contributed by atoms with Gasteiger partial charge in [-0.3, -0.25) is 29.0 Å². The van der Waals surface area contributed by atoms with Gasteiger partial charge in [0.15, 0.2) is 0 Å². The summed E-state index contributed by atoms with van der Waals surface area (Å²) >= 11 is 0. The van der Waals surface area contributed by atoms with Gasteiger partial charge < -0.3 is 24.4 Å². The molecular formula is C40H41F4N7O7. The van der Waals surface area contributed by atoms with Crippen molar-refractivity contribution in [1.82, 2.24) is 29.3 Å². The van der Waals surface area contributed by atoms with Gasteiger partial charge in [0.25, 0.3) is 11.5 Å². The van der Waals surface area contributed by atoms with Gasteiger partial charge in [0.2, 0.25) is 0 Å². The van der Waals surface area contributed by atoms with Crippen LogP contribution in [0.5, 0.6) is 0 Å². The summed E-state index contributed by atoms with van der Waals surface area (Å²) in [4.78, 5) is 66.6. The Hall–Kier alpha value is -5.72. The number of esters is 1. The molecule has 5 aromatic rings. The summed E-state index contributed by atoms with van der Waals surface area (Å²) in [6.07, 6.45) is 0.0338. The van der Waals surface area contributed by atoms with Crippen LogP contribution in [0.2, 0.25) is 0 Å². The first-order chi connectivity index (χ1) is 27.8. The van der Waals surface area contributed by atoms with Crippen LogP contribution >= 0.6 is 0 Å². The molecule has 2 aliphatic heterocycles. The lowest BCUT2D eigenvalue weighted by Gasteiger charge is -2.38. The van der Waals surface area contributed by atoms with Gasteiger partial charge in [-0.2, -0.15) is 13.2 Å². The monoisotopic (exact) mass is 807 g/mol. The van der Waals surface area contributed by atoms with E-state index in [1.165, 1.54) is 55.3 Å². The van der Waals surface area contributed by atoms with E-state index in [0.717, 1.165) is 28.6 Å². The molecule has 5 heterocycles. The molecule has 0 aliphatic carbocycles. The minimum absolute atomic E-state index is 0.00424. The van der Waals surface area contributed by atoms with Crippen molar-refractivity contribution in [3.05, 3.63) is 104 Å². The van der Waals surface area contributed by atoms with E-state index in [9.17, 15) is 32.3 Å². The SMILES string of the molecule is Cc1cc(N2CCOC[C@@H]2C(F)(F)F)cc(F)c1C(=O)N[C@@H](Cc1ccc(-n2c(=O)c3ccncc3n(C)c2=O)c2ncccc12)C(=O)OCCCN1CCOCC1. The van der Waals surface area contributed by atoms with Gasteiger partial charge in [0.1, 0.15) is 17.9 Å². The molecule has 2 aromatic carbocycles. The summed E-state index contributed by atoms with van der Waals surface area (Å²) in [5.74, 6) is -2.86. The number of nitrogens with zero attached hydrogens (tertiary/aromatic N) is 6. The van der Waals surface area contributed by atoms with Crippen LogP contribution in [0, 0.1) is 12.7 Å². The molecule has 306 valence electrons. The maximum absolute atomic E-state index is 15.9. The van der Waals surface area contributed by atoms with Crippen molar-refractivity contribution < 1.29 is 41.4 Å². The van der Waals surface area contributed by atoms with Crippen LogP contribution in [-0.4, -0.2) is 113 Å². The number of fused-ring (bicyclic) bond motifs is 2. The highest BCUT2D eigenvalue weighted by molar-refractivity contribution is 5.99. The fourth-order valence-corrected chi connectivity index (χ4v) is 7.48. The van der Waals surface area contributed by atoms with Crippen LogP contribution in [0.15, 0.2) is 70.6 Å². The standard InChI is InChI=1S/C40H41F4N7O7/c1-24-19-26(50-14-18-57-23-33(50)40(42,43)44)21-29(41)34(24)36(52)47-30(38(54)58-15-4-11-49-12-16-56-17-13-49)20-25-6-7-31(35-27(25)5-3-9-46-35)51-37(53)28-8-10-45-22-32(28)48(2)39(51)55/h3,5-10,19,21-22,30,33H,4,11-18,20,23H2,1-2H3,(H,47,52)/t30-,33+/m0/s1. The molecule has 2 fully saturated rings. The number of halogens is 4. The Bertz CT molecular complexity index is 2440. The molecular weight excluding hydrogens is 766 g/mol. The number of anilines is 1. The normalized spacial score (nSPS) is 17.1. The Labute approximate surface area is 328 Å². The van der Waals surface area contributed by atoms with Crippen molar-refractivity contribution in [2.75, 3.05) is 64.1 Å². The molecule has 7 rings (SSSR count). The first-order valence-electron chi connectivity index (χ1n) is 18.7. The van der Waals surface area contributed by atoms with E-state index in [1.54, 1.807) is 18.2 Å². The van der Waals surface area contributed by atoms with Crippen molar-refractivity contribution in [2.45, 2.75) is 38.0 Å². The highest BCUT2D eigenvalue weighted by Crippen LogP contribution is 2.33. The van der Waals surface area contributed by atoms with Gasteiger partial charge in [0.05, 0.1) is 66.9 Å². The van der Waals surface area contributed by atoms with Crippen molar-refractivity contribution in [3.63, 3.8) is 0 Å². The minimum atomic E-state index is -4.65. The van der Waals surface area contributed by atoms with E-state index >= 15 is 4.39 Å². The number of amides is 1. The lowest BCUT2D eigenvalue weighted by molar-refractivity contribution is -0.167. The molecule has 0 unspecified atom stereocenters. The molecule has 58 heavy (non-hydrogen) atoms. The minimum Gasteiger partial charge on any atom is -0.464 e. The summed E-state index contributed by atoms with van der Waals surface area (Å²) in [6, 6.07) is 6.76. The van der Waals surface area contributed by atoms with Crippen molar-refractivity contribution in [1.29, 1.82) is 0 Å². The van der Waals surface area contributed by atoms with E-state index < -0.39 is 59.4 Å². The second-order valence-electron chi connectivity index (χ2n) is 14.2. The van der Waals surface area contributed by atoms with Gasteiger partial charge in [-0.15, -0.1) is 0 Å². The Morgan fingerprint density at radius 3 is 2.55 bits per heavy atom. The van der Waals surface area contributed by atoms with Crippen LogP contribution in [0.3, 0.4) is 0 Å². The topological polar surface area (TPSA) is 150 Å². The molecule has 18 heteroatoms. The molecule has 2 atom stereocenters. The molecule has 0 spiro atoms. The highest BCUT2D eigenvalue weighted by Gasteiger charge is 2.45. The number of ether oxygens (including phenoxy) is 3. The number of aromatic nitrogens is 4. The van der Waals surface area contributed by atoms with E-state index in [2.05, 4.69) is 20.2 Å². The predicted octanol–water partition coefficient (Wildman–Crippen LogP) is 3.45. The average molecular weight is 808 g/mol. The maximum atomic E-state index is 15.9. The van der Waals surface area contributed by atoms with Crippen LogP contribution in [0.4, 0.5) is 23.2 Å². The quantitative estimate of drug-likeness (QED) is 0.119. The molecule has 2 saturated heterocycles. The Morgan fingerprint density at radius 1 is 1.02 bits per heavy atom. The zero-order valence-corrected chi connectivity index (χ0v) is 31.8. The molecule has 0 saturated carbocycles. The van der Waals surface area contributed by atoms with Gasteiger partial charge in [-0.1, -0.05) is 12.1 Å². The third-order valence-electron chi connectivity index (χ3n) is 10.5. The smallest absolute Gasteiger partial charge is 0.411 e. The number of aryl methyl sites for hydroxylation is 2. The molecule has 1 N–H and O–H groups in total. The summed E-state index contributed by atoms with van der Waals surface area (Å²) in [5.41, 5.74) is -0.421. The van der Waals surface area contributed by atoms with E-state index in [-0.39, 0.29) is 54.0 Å². The van der Waals surface area contributed by atoms with Crippen LogP contribution < -0.4 is 21.5 Å². The first-order valence-corrected chi connectivity index (χ1v) is 18.7. The van der Waals surface area contributed by atoms with Crippen molar-refractivity contribution in [2.24, 2.45) is 7.05 Å². The second kappa shape index (κ2) is 17.0. The Kier molecular flexibility index (Phi) is 11.9. The molecule has 1 amide bonds. The fraction of sp³-hybridized carbons (Fsp3) is 0.400. The number of rotatable bonds is 11. The number of pyridine rings is 2. The largest absolute Gasteiger partial charge is 0.464 e. The Morgan fingerprint density at radius 2 is 1.79 bits per heavy atom. The van der Waals surface area contributed by atoms with Gasteiger partial charge in [0, 0.05) is 63.1 Å². The maximum Gasteiger partial charge on any atom is 0.411 e. The van der Waals surface area contributed by atoms with Crippen molar-refractivity contribution >= 4 is 39.4 Å². The summed E-state index contributed by atoms with van der Waals surface area (Å²) in [5, 5.41) is 3.33. The van der Waals surface area contributed by atoms with Crippen molar-refractivity contribution in [3.8, 4) is 5.69 Å². The molecule has 0 radical (unpaired) electrons. The van der Waals surface area contributed by atoms with E-state index in [0.29, 0.717) is 42.6 Å². The lowest BCUT2D eigenvalue weighted by Crippen LogP contribution is -2.53. The number of hydrogen-bond donors (Lipinski definition) is 1. The highest BCUT2D eigenvalue weighted by atomic mass is 19.4. The first kappa shape index (κ1) is 40.5. The molecule has 14 nitrogen and oxygen atoms in total. The van der Waals surface area contributed by atoms with Gasteiger partial charge >= 0.3 is 17.8 Å². The molecule has 3 aromatic heterocycles. The number of nitrogens with one attached hydrogen (secondary N) is 1. The van der Waals surface area contributed by atoms with Gasteiger partial charge in [-0.25, -0.2) is 18.5 Å². The summed E-state index contributed by atoms with van der Waals surface area (Å²) in [7, 11) is 1.52. The number of hydrogen-bond acceptors (Lipinski definition) is 11. The number of benzene rings is 2. The third-order valence-corrected chi connectivity index (χ3v) is 10.5. The lowest BCUT2D eigenvalue weighted by atomic mass is 9.99. The number of alkyl halides is 3. The van der Waals surface area contributed by atoms with Gasteiger partial charge in [-0.05, 0) is 54.8 Å². The number of morpholine rings is 2.